The Morgan fingerprint density at radius 2 is 2.12 bits per heavy atom. The number of halogens is 1. The van der Waals surface area contributed by atoms with Gasteiger partial charge in [-0.05, 0) is 55.7 Å². The first kappa shape index (κ1) is 16.0. The molecule has 0 spiro atoms. The van der Waals surface area contributed by atoms with Gasteiger partial charge in [-0.1, -0.05) is 18.6 Å². The summed E-state index contributed by atoms with van der Waals surface area (Å²) in [5.74, 6) is 0.488. The number of piperidine rings is 1. The van der Waals surface area contributed by atoms with E-state index >= 15 is 0 Å². The average molecular weight is 331 g/mol. The minimum absolute atomic E-state index is 0.218. The molecule has 1 amide bonds. The van der Waals surface area contributed by atoms with Gasteiger partial charge in [-0.25, -0.2) is 4.39 Å². The summed E-state index contributed by atoms with van der Waals surface area (Å²) in [6, 6.07) is 7.12. The third-order valence-corrected chi connectivity index (χ3v) is 6.18. The van der Waals surface area contributed by atoms with Crippen LogP contribution in [0.1, 0.15) is 44.1 Å². The molecule has 130 valence electrons. The van der Waals surface area contributed by atoms with Gasteiger partial charge in [0.05, 0.1) is 5.41 Å². The number of carbonyl (C=O) groups excluding carboxylic acids is 1. The lowest BCUT2D eigenvalue weighted by Gasteiger charge is -2.46. The second-order valence-corrected chi connectivity index (χ2v) is 7.57. The summed E-state index contributed by atoms with van der Waals surface area (Å²) < 4.78 is 13.7. The largest absolute Gasteiger partial charge is 0.342 e. The van der Waals surface area contributed by atoms with E-state index in [2.05, 4.69) is 15.8 Å². The predicted molar refractivity (Wildman–Crippen MR) is 90.8 cm³/mol. The number of hydrogen-bond donors (Lipinski definition) is 2. The fraction of sp³-hybridized carbons (Fsp3) is 0.632. The molecule has 0 radical (unpaired) electrons. The Morgan fingerprint density at radius 3 is 2.79 bits per heavy atom. The highest BCUT2D eigenvalue weighted by molar-refractivity contribution is 5.89. The highest BCUT2D eigenvalue weighted by Gasteiger charge is 2.48. The average Bonchev–Trinajstić information content (AvgIpc) is 3.08. The summed E-state index contributed by atoms with van der Waals surface area (Å²) in [5, 5.41) is 0. The van der Waals surface area contributed by atoms with Crippen LogP contribution in [-0.2, 0) is 10.2 Å². The van der Waals surface area contributed by atoms with E-state index in [9.17, 15) is 9.18 Å². The number of nitrogens with zero attached hydrogens (tertiary/aromatic N) is 1. The standard InChI is InChI=1S/C19H26FN3O/c20-16-6-1-5-15(12-16)19(8-3-9-19)18(24)23-11-2-4-14(13-23)17-7-10-21-22-17/h1,5-6,12,14,17,21-22H,2-4,7-11,13H2. The van der Waals surface area contributed by atoms with E-state index in [4.69, 9.17) is 0 Å². The van der Waals surface area contributed by atoms with Crippen LogP contribution in [0, 0.1) is 11.7 Å². The molecule has 24 heavy (non-hydrogen) atoms. The van der Waals surface area contributed by atoms with E-state index < -0.39 is 5.41 Å². The quantitative estimate of drug-likeness (QED) is 0.894. The molecule has 2 N–H and O–H groups in total. The molecule has 2 heterocycles. The molecule has 2 atom stereocenters. The van der Waals surface area contributed by atoms with Gasteiger partial charge in [0.25, 0.3) is 0 Å². The van der Waals surface area contributed by atoms with Crippen LogP contribution in [0.4, 0.5) is 4.39 Å². The number of nitrogens with one attached hydrogen (secondary N) is 2. The highest BCUT2D eigenvalue weighted by Crippen LogP contribution is 2.46. The van der Waals surface area contributed by atoms with Gasteiger partial charge in [0.1, 0.15) is 5.82 Å². The topological polar surface area (TPSA) is 44.4 Å². The van der Waals surface area contributed by atoms with Crippen molar-refractivity contribution in [2.75, 3.05) is 19.6 Å². The van der Waals surface area contributed by atoms with Crippen molar-refractivity contribution in [1.29, 1.82) is 0 Å². The molecular weight excluding hydrogens is 305 g/mol. The van der Waals surface area contributed by atoms with Gasteiger partial charge in [0.15, 0.2) is 0 Å². The number of hydrogen-bond acceptors (Lipinski definition) is 3. The molecule has 2 aliphatic heterocycles. The van der Waals surface area contributed by atoms with Crippen molar-refractivity contribution < 1.29 is 9.18 Å². The van der Waals surface area contributed by atoms with E-state index in [-0.39, 0.29) is 11.7 Å². The number of amides is 1. The van der Waals surface area contributed by atoms with Crippen molar-refractivity contribution in [3.8, 4) is 0 Å². The van der Waals surface area contributed by atoms with Crippen molar-refractivity contribution in [2.24, 2.45) is 5.92 Å². The fourth-order valence-electron chi connectivity index (χ4n) is 4.62. The van der Waals surface area contributed by atoms with Crippen LogP contribution in [0.25, 0.3) is 0 Å². The molecule has 1 aromatic carbocycles. The van der Waals surface area contributed by atoms with E-state index in [0.29, 0.717) is 12.0 Å². The normalized spacial score (nSPS) is 29.3. The smallest absolute Gasteiger partial charge is 0.233 e. The fourth-order valence-corrected chi connectivity index (χ4v) is 4.62. The molecule has 1 saturated carbocycles. The first-order valence-electron chi connectivity index (χ1n) is 9.23. The van der Waals surface area contributed by atoms with E-state index in [1.165, 1.54) is 12.5 Å². The molecule has 4 nitrogen and oxygen atoms in total. The van der Waals surface area contributed by atoms with Crippen LogP contribution < -0.4 is 10.9 Å². The molecule has 2 unspecified atom stereocenters. The highest BCUT2D eigenvalue weighted by atomic mass is 19.1. The van der Waals surface area contributed by atoms with Crippen molar-refractivity contribution >= 4 is 5.91 Å². The molecular formula is C19H26FN3O. The minimum atomic E-state index is -0.481. The number of rotatable bonds is 3. The van der Waals surface area contributed by atoms with E-state index in [1.807, 2.05) is 6.07 Å². The number of benzene rings is 1. The van der Waals surface area contributed by atoms with Crippen LogP contribution in [0.2, 0.25) is 0 Å². The summed E-state index contributed by atoms with van der Waals surface area (Å²) in [4.78, 5) is 15.4. The van der Waals surface area contributed by atoms with Crippen LogP contribution in [-0.4, -0.2) is 36.5 Å². The summed E-state index contributed by atoms with van der Waals surface area (Å²) >= 11 is 0. The van der Waals surface area contributed by atoms with E-state index in [1.54, 1.807) is 12.1 Å². The molecule has 3 fully saturated rings. The molecule has 5 heteroatoms. The first-order valence-corrected chi connectivity index (χ1v) is 9.23. The molecule has 0 bridgehead atoms. The minimum Gasteiger partial charge on any atom is -0.342 e. The van der Waals surface area contributed by atoms with E-state index in [0.717, 1.165) is 57.3 Å². The van der Waals surface area contributed by atoms with Gasteiger partial charge >= 0.3 is 0 Å². The summed E-state index contributed by atoms with van der Waals surface area (Å²) in [6.45, 7) is 2.67. The van der Waals surface area contributed by atoms with Gasteiger partial charge in [-0.3, -0.25) is 15.6 Å². The Kier molecular flexibility index (Phi) is 4.31. The lowest BCUT2D eigenvalue weighted by atomic mass is 9.63. The van der Waals surface area contributed by atoms with Gasteiger partial charge in [-0.15, -0.1) is 0 Å². The maximum atomic E-state index is 13.7. The van der Waals surface area contributed by atoms with Gasteiger partial charge in [-0.2, -0.15) is 0 Å². The first-order chi connectivity index (χ1) is 11.7. The Labute approximate surface area is 142 Å². The van der Waals surface area contributed by atoms with Crippen molar-refractivity contribution in [3.63, 3.8) is 0 Å². The number of likely N-dealkylation sites (tertiary alicyclic amines) is 1. The maximum Gasteiger partial charge on any atom is 0.233 e. The zero-order valence-electron chi connectivity index (χ0n) is 14.1. The Hall–Kier alpha value is -1.46. The summed E-state index contributed by atoms with van der Waals surface area (Å²) in [6.07, 6.45) is 6.11. The lowest BCUT2D eigenvalue weighted by molar-refractivity contribution is -0.143. The second kappa shape index (κ2) is 6.45. The summed E-state index contributed by atoms with van der Waals surface area (Å²) in [7, 11) is 0. The Balaban J connectivity index is 1.53. The van der Waals surface area contributed by atoms with Crippen LogP contribution >= 0.6 is 0 Å². The third kappa shape index (κ3) is 2.74. The van der Waals surface area contributed by atoms with Gasteiger partial charge in [0.2, 0.25) is 5.91 Å². The number of hydrazine groups is 1. The Bertz CT molecular complexity index is 610. The van der Waals surface area contributed by atoms with Crippen LogP contribution in [0.15, 0.2) is 24.3 Å². The van der Waals surface area contributed by atoms with Crippen molar-refractivity contribution in [2.45, 2.75) is 50.0 Å². The molecule has 4 rings (SSSR count). The molecule has 2 saturated heterocycles. The summed E-state index contributed by atoms with van der Waals surface area (Å²) in [5.41, 5.74) is 6.94. The van der Waals surface area contributed by atoms with Gasteiger partial charge < -0.3 is 4.90 Å². The molecule has 1 aliphatic carbocycles. The zero-order chi connectivity index (χ0) is 16.6. The third-order valence-electron chi connectivity index (χ3n) is 6.18. The van der Waals surface area contributed by atoms with Gasteiger partial charge in [0, 0.05) is 25.7 Å². The molecule has 0 aromatic heterocycles. The van der Waals surface area contributed by atoms with Crippen molar-refractivity contribution in [1.82, 2.24) is 15.8 Å². The molecule has 1 aromatic rings. The maximum absolute atomic E-state index is 13.7. The lowest BCUT2D eigenvalue weighted by Crippen LogP contribution is -2.55. The number of carbonyl (C=O) groups is 1. The van der Waals surface area contributed by atoms with Crippen LogP contribution in [0.5, 0.6) is 0 Å². The SMILES string of the molecule is O=C(N1CCCC(C2CCNN2)C1)C1(c2cccc(F)c2)CCC1. The Morgan fingerprint density at radius 1 is 1.25 bits per heavy atom. The predicted octanol–water partition coefficient (Wildman–Crippen LogP) is 2.35. The van der Waals surface area contributed by atoms with Crippen LogP contribution in [0.3, 0.4) is 0 Å². The monoisotopic (exact) mass is 331 g/mol. The second-order valence-electron chi connectivity index (χ2n) is 7.57. The molecule has 3 aliphatic rings. The van der Waals surface area contributed by atoms with Crippen molar-refractivity contribution in [3.05, 3.63) is 35.6 Å². The zero-order valence-corrected chi connectivity index (χ0v) is 14.1.